The SMILES string of the molecule is OC1CC[C@@H]1[C@@H]1c2ccccc2-c2cncn21. The van der Waals surface area contributed by atoms with E-state index in [0.717, 1.165) is 12.8 Å². The van der Waals surface area contributed by atoms with Crippen LogP contribution in [0.25, 0.3) is 11.3 Å². The topological polar surface area (TPSA) is 38.1 Å². The van der Waals surface area contributed by atoms with E-state index in [1.807, 2.05) is 12.5 Å². The molecule has 0 radical (unpaired) electrons. The molecule has 0 amide bonds. The molecule has 1 aliphatic carbocycles. The first-order valence-corrected chi connectivity index (χ1v) is 6.15. The van der Waals surface area contributed by atoms with Crippen LogP contribution >= 0.6 is 0 Å². The molecule has 2 heterocycles. The van der Waals surface area contributed by atoms with Crippen LogP contribution in [0.3, 0.4) is 0 Å². The molecular formula is C14H14N2O. The molecule has 3 heteroatoms. The maximum absolute atomic E-state index is 9.92. The second kappa shape index (κ2) is 3.20. The van der Waals surface area contributed by atoms with Gasteiger partial charge in [0.15, 0.2) is 0 Å². The van der Waals surface area contributed by atoms with E-state index in [1.165, 1.54) is 16.8 Å². The number of fused-ring (bicyclic) bond motifs is 3. The van der Waals surface area contributed by atoms with Crippen molar-refractivity contribution in [1.29, 1.82) is 0 Å². The average molecular weight is 226 g/mol. The minimum atomic E-state index is -0.151. The fourth-order valence-electron chi connectivity index (χ4n) is 3.19. The highest BCUT2D eigenvalue weighted by molar-refractivity contribution is 5.69. The Morgan fingerprint density at radius 3 is 2.88 bits per heavy atom. The molecule has 0 saturated heterocycles. The number of aromatic nitrogens is 2. The number of hydrogen-bond acceptors (Lipinski definition) is 2. The van der Waals surface area contributed by atoms with Gasteiger partial charge in [-0.15, -0.1) is 0 Å². The lowest BCUT2D eigenvalue weighted by Gasteiger charge is -2.38. The van der Waals surface area contributed by atoms with Crippen LogP contribution in [0.4, 0.5) is 0 Å². The van der Waals surface area contributed by atoms with Gasteiger partial charge in [0.2, 0.25) is 0 Å². The van der Waals surface area contributed by atoms with Crippen molar-refractivity contribution in [3.8, 4) is 11.3 Å². The van der Waals surface area contributed by atoms with Gasteiger partial charge < -0.3 is 9.67 Å². The largest absolute Gasteiger partial charge is 0.393 e. The van der Waals surface area contributed by atoms with Crippen LogP contribution in [0.1, 0.15) is 24.4 Å². The lowest BCUT2D eigenvalue weighted by atomic mass is 9.74. The van der Waals surface area contributed by atoms with Crippen molar-refractivity contribution < 1.29 is 5.11 Å². The predicted octanol–water partition coefficient (Wildman–Crippen LogP) is 2.22. The molecule has 2 aromatic rings. The van der Waals surface area contributed by atoms with Crippen LogP contribution < -0.4 is 0 Å². The Morgan fingerprint density at radius 1 is 1.24 bits per heavy atom. The normalized spacial score (nSPS) is 29.6. The van der Waals surface area contributed by atoms with E-state index in [9.17, 15) is 5.11 Å². The molecule has 0 bridgehead atoms. The van der Waals surface area contributed by atoms with E-state index in [0.29, 0.717) is 5.92 Å². The van der Waals surface area contributed by atoms with Gasteiger partial charge in [-0.3, -0.25) is 0 Å². The smallest absolute Gasteiger partial charge is 0.0956 e. The molecule has 86 valence electrons. The number of aliphatic hydroxyl groups excluding tert-OH is 1. The zero-order chi connectivity index (χ0) is 11.4. The van der Waals surface area contributed by atoms with Crippen LogP contribution in [-0.4, -0.2) is 20.8 Å². The summed E-state index contributed by atoms with van der Waals surface area (Å²) in [6.07, 6.45) is 5.71. The third-order valence-corrected chi connectivity index (χ3v) is 4.22. The van der Waals surface area contributed by atoms with Crippen molar-refractivity contribution in [3.05, 3.63) is 42.4 Å². The number of aliphatic hydroxyl groups is 1. The van der Waals surface area contributed by atoms with Gasteiger partial charge in [-0.05, 0) is 18.4 Å². The van der Waals surface area contributed by atoms with Gasteiger partial charge in [0, 0.05) is 11.5 Å². The second-order valence-corrected chi connectivity index (χ2v) is 5.03. The Morgan fingerprint density at radius 2 is 2.12 bits per heavy atom. The van der Waals surface area contributed by atoms with Crippen LogP contribution in [-0.2, 0) is 0 Å². The molecule has 3 nitrogen and oxygen atoms in total. The molecule has 1 saturated carbocycles. The summed E-state index contributed by atoms with van der Waals surface area (Å²) in [6.45, 7) is 0. The van der Waals surface area contributed by atoms with Gasteiger partial charge in [0.25, 0.3) is 0 Å². The van der Waals surface area contributed by atoms with Gasteiger partial charge in [-0.2, -0.15) is 0 Å². The second-order valence-electron chi connectivity index (χ2n) is 5.03. The Labute approximate surface area is 99.7 Å². The Hall–Kier alpha value is -1.61. The third kappa shape index (κ3) is 1.12. The number of hydrogen-bond donors (Lipinski definition) is 1. The van der Waals surface area contributed by atoms with E-state index >= 15 is 0 Å². The van der Waals surface area contributed by atoms with Gasteiger partial charge in [-0.1, -0.05) is 24.3 Å². The lowest BCUT2D eigenvalue weighted by molar-refractivity contribution is 0.00415. The van der Waals surface area contributed by atoms with E-state index in [2.05, 4.69) is 33.8 Å². The monoisotopic (exact) mass is 226 g/mol. The zero-order valence-corrected chi connectivity index (χ0v) is 9.45. The van der Waals surface area contributed by atoms with Gasteiger partial charge in [0.05, 0.1) is 30.4 Å². The molecule has 1 fully saturated rings. The van der Waals surface area contributed by atoms with E-state index < -0.39 is 0 Å². The maximum Gasteiger partial charge on any atom is 0.0956 e. The molecule has 0 spiro atoms. The van der Waals surface area contributed by atoms with Crippen LogP contribution in [0.2, 0.25) is 0 Å². The van der Waals surface area contributed by atoms with Crippen LogP contribution in [0.15, 0.2) is 36.8 Å². The van der Waals surface area contributed by atoms with Crippen molar-refractivity contribution in [2.75, 3.05) is 0 Å². The number of rotatable bonds is 1. The lowest BCUT2D eigenvalue weighted by Crippen LogP contribution is -2.37. The van der Waals surface area contributed by atoms with Crippen LogP contribution in [0.5, 0.6) is 0 Å². The van der Waals surface area contributed by atoms with E-state index in [-0.39, 0.29) is 12.1 Å². The van der Waals surface area contributed by atoms with Gasteiger partial charge >= 0.3 is 0 Å². The molecule has 1 unspecified atom stereocenters. The number of benzene rings is 1. The molecule has 4 rings (SSSR count). The summed E-state index contributed by atoms with van der Waals surface area (Å²) in [5.74, 6) is 0.353. The predicted molar refractivity (Wildman–Crippen MR) is 64.5 cm³/mol. The summed E-state index contributed by atoms with van der Waals surface area (Å²) in [4.78, 5) is 4.24. The molecule has 3 atom stereocenters. The van der Waals surface area contributed by atoms with Crippen molar-refractivity contribution in [2.45, 2.75) is 25.0 Å². The third-order valence-electron chi connectivity index (χ3n) is 4.22. The summed E-state index contributed by atoms with van der Waals surface area (Å²) < 4.78 is 2.22. The Balaban J connectivity index is 1.90. The van der Waals surface area contributed by atoms with Crippen molar-refractivity contribution in [1.82, 2.24) is 9.55 Å². The molecule has 2 aliphatic rings. The first kappa shape index (κ1) is 9.42. The highest BCUT2D eigenvalue weighted by Crippen LogP contribution is 2.48. The molecular weight excluding hydrogens is 212 g/mol. The first-order chi connectivity index (χ1) is 8.36. The fourth-order valence-corrected chi connectivity index (χ4v) is 3.19. The Bertz CT molecular complexity index is 575. The van der Waals surface area contributed by atoms with E-state index in [4.69, 9.17) is 0 Å². The first-order valence-electron chi connectivity index (χ1n) is 6.15. The minimum Gasteiger partial charge on any atom is -0.393 e. The van der Waals surface area contributed by atoms with E-state index in [1.54, 1.807) is 0 Å². The number of imidazole rings is 1. The average Bonchev–Trinajstić information content (AvgIpc) is 2.91. The highest BCUT2D eigenvalue weighted by atomic mass is 16.3. The zero-order valence-electron chi connectivity index (χ0n) is 9.45. The van der Waals surface area contributed by atoms with Gasteiger partial charge in [0.1, 0.15) is 0 Å². The van der Waals surface area contributed by atoms with Gasteiger partial charge in [-0.25, -0.2) is 4.98 Å². The summed E-state index contributed by atoms with van der Waals surface area (Å²) >= 11 is 0. The summed E-state index contributed by atoms with van der Waals surface area (Å²) in [7, 11) is 0. The molecule has 17 heavy (non-hydrogen) atoms. The maximum atomic E-state index is 9.92. The molecule has 1 aromatic heterocycles. The minimum absolute atomic E-state index is 0.151. The molecule has 1 aliphatic heterocycles. The van der Waals surface area contributed by atoms with Crippen molar-refractivity contribution in [3.63, 3.8) is 0 Å². The highest BCUT2D eigenvalue weighted by Gasteiger charge is 2.41. The summed E-state index contributed by atoms with van der Waals surface area (Å²) in [5, 5.41) is 9.92. The molecule has 1 N–H and O–H groups in total. The summed E-state index contributed by atoms with van der Waals surface area (Å²) in [5.41, 5.74) is 3.80. The molecule has 1 aromatic carbocycles. The Kier molecular flexibility index (Phi) is 1.77. The van der Waals surface area contributed by atoms with Crippen molar-refractivity contribution in [2.24, 2.45) is 5.92 Å². The standard InChI is InChI=1S/C14H14N2O/c17-13-6-5-11(13)14-10-4-2-1-3-9(10)12-7-15-8-16(12)14/h1-4,7-8,11,13-14,17H,5-6H2/t11-,13?,14-/m0/s1. The summed E-state index contributed by atoms with van der Waals surface area (Å²) in [6, 6.07) is 8.76. The fraction of sp³-hybridized carbons (Fsp3) is 0.357. The quantitative estimate of drug-likeness (QED) is 0.809. The number of nitrogens with zero attached hydrogens (tertiary/aromatic N) is 2. The van der Waals surface area contributed by atoms with Crippen LogP contribution in [0, 0.1) is 5.92 Å². The van der Waals surface area contributed by atoms with Crippen molar-refractivity contribution >= 4 is 0 Å².